The summed E-state index contributed by atoms with van der Waals surface area (Å²) in [5.74, 6) is -2.09. The van der Waals surface area contributed by atoms with Gasteiger partial charge in [0.15, 0.2) is 0 Å². The van der Waals surface area contributed by atoms with Crippen LogP contribution in [0.4, 0.5) is 18.9 Å². The van der Waals surface area contributed by atoms with Crippen molar-refractivity contribution in [2.24, 2.45) is 0 Å². The van der Waals surface area contributed by atoms with Crippen molar-refractivity contribution in [3.8, 4) is 0 Å². The molecule has 0 aliphatic heterocycles. The largest absolute Gasteiger partial charge is 0.416 e. The fraction of sp³-hybridized carbons (Fsp3) is 0.176. The van der Waals surface area contributed by atoms with Crippen LogP contribution in [0.3, 0.4) is 0 Å². The number of amides is 2. The lowest BCUT2D eigenvalue weighted by Crippen LogP contribution is -2.37. The second-order valence-electron chi connectivity index (χ2n) is 5.25. The molecule has 2 amide bonds. The molecule has 1 atom stereocenters. The molecule has 2 N–H and O–H groups in total. The fourth-order valence-corrected chi connectivity index (χ4v) is 2.23. The van der Waals surface area contributed by atoms with Crippen molar-refractivity contribution < 1.29 is 22.8 Å². The standard InChI is InChI=1S/C17H14ClF3N2O2/c1-10(11-5-3-2-4-6-11)22-15(24)16(25)23-14-9-12(17(19,20)21)7-8-13(14)18/h2-10H,1H3,(H,22,24)(H,23,25)/t10-/m0/s1. The highest BCUT2D eigenvalue weighted by molar-refractivity contribution is 6.41. The van der Waals surface area contributed by atoms with Crippen LogP contribution in [0.5, 0.6) is 0 Å². The monoisotopic (exact) mass is 370 g/mol. The molecule has 25 heavy (non-hydrogen) atoms. The summed E-state index contributed by atoms with van der Waals surface area (Å²) in [5, 5.41) is 4.45. The van der Waals surface area contributed by atoms with E-state index in [2.05, 4.69) is 10.6 Å². The van der Waals surface area contributed by atoms with Gasteiger partial charge in [0.05, 0.1) is 22.3 Å². The maximum Gasteiger partial charge on any atom is 0.416 e. The molecule has 0 fully saturated rings. The molecule has 2 aromatic rings. The zero-order chi connectivity index (χ0) is 18.6. The van der Waals surface area contributed by atoms with Gasteiger partial charge in [-0.25, -0.2) is 0 Å². The second kappa shape index (κ2) is 7.57. The highest BCUT2D eigenvalue weighted by Gasteiger charge is 2.31. The molecular weight excluding hydrogens is 357 g/mol. The Morgan fingerprint density at radius 2 is 1.68 bits per heavy atom. The third-order valence-corrected chi connectivity index (χ3v) is 3.72. The second-order valence-corrected chi connectivity index (χ2v) is 5.66. The van der Waals surface area contributed by atoms with Gasteiger partial charge in [0.2, 0.25) is 0 Å². The average molecular weight is 371 g/mol. The maximum absolute atomic E-state index is 12.7. The zero-order valence-electron chi connectivity index (χ0n) is 13.0. The quantitative estimate of drug-likeness (QED) is 0.796. The van der Waals surface area contributed by atoms with Crippen LogP contribution < -0.4 is 10.6 Å². The van der Waals surface area contributed by atoms with Crippen LogP contribution in [-0.2, 0) is 15.8 Å². The van der Waals surface area contributed by atoms with Gasteiger partial charge >= 0.3 is 18.0 Å². The Morgan fingerprint density at radius 3 is 2.28 bits per heavy atom. The highest BCUT2D eigenvalue weighted by atomic mass is 35.5. The summed E-state index contributed by atoms with van der Waals surface area (Å²) in [5.41, 5.74) is -0.491. The summed E-state index contributed by atoms with van der Waals surface area (Å²) >= 11 is 5.78. The first kappa shape index (κ1) is 18.8. The van der Waals surface area contributed by atoms with E-state index in [-0.39, 0.29) is 10.7 Å². The first-order valence-electron chi connectivity index (χ1n) is 7.22. The molecule has 2 rings (SSSR count). The van der Waals surface area contributed by atoms with Crippen molar-refractivity contribution in [2.75, 3.05) is 5.32 Å². The molecule has 0 spiro atoms. The average Bonchev–Trinajstić information content (AvgIpc) is 2.56. The number of halogens is 4. The summed E-state index contributed by atoms with van der Waals surface area (Å²) in [6.07, 6.45) is -4.59. The third-order valence-electron chi connectivity index (χ3n) is 3.40. The van der Waals surface area contributed by atoms with Crippen molar-refractivity contribution in [1.29, 1.82) is 0 Å². The summed E-state index contributed by atoms with van der Waals surface area (Å²) in [4.78, 5) is 23.9. The molecule has 0 saturated heterocycles. The number of anilines is 1. The van der Waals surface area contributed by atoms with Crippen LogP contribution in [0, 0.1) is 0 Å². The molecule has 0 aromatic heterocycles. The minimum atomic E-state index is -4.59. The number of nitrogens with one attached hydrogen (secondary N) is 2. The minimum Gasteiger partial charge on any atom is -0.341 e. The van der Waals surface area contributed by atoms with E-state index < -0.39 is 29.6 Å². The molecule has 0 bridgehead atoms. The predicted octanol–water partition coefficient (Wildman–Crippen LogP) is 4.17. The van der Waals surface area contributed by atoms with Gasteiger partial charge in [-0.05, 0) is 30.7 Å². The first-order chi connectivity index (χ1) is 11.7. The number of benzene rings is 2. The van der Waals surface area contributed by atoms with Gasteiger partial charge in [-0.15, -0.1) is 0 Å². The number of rotatable bonds is 3. The lowest BCUT2D eigenvalue weighted by Gasteiger charge is -2.15. The lowest BCUT2D eigenvalue weighted by atomic mass is 10.1. The zero-order valence-corrected chi connectivity index (χ0v) is 13.8. The Bertz CT molecular complexity index is 779. The summed E-state index contributed by atoms with van der Waals surface area (Å²) < 4.78 is 38.2. The molecule has 0 unspecified atom stereocenters. The van der Waals surface area contributed by atoms with Gasteiger partial charge in [0.25, 0.3) is 0 Å². The van der Waals surface area contributed by atoms with Crippen LogP contribution in [-0.4, -0.2) is 11.8 Å². The predicted molar refractivity (Wildman–Crippen MR) is 88.1 cm³/mol. The molecule has 2 aromatic carbocycles. The molecule has 0 saturated carbocycles. The SMILES string of the molecule is C[C@H](NC(=O)C(=O)Nc1cc(C(F)(F)F)ccc1Cl)c1ccccc1. The Balaban J connectivity index is 2.08. The van der Waals surface area contributed by atoms with E-state index in [1.165, 1.54) is 0 Å². The van der Waals surface area contributed by atoms with Crippen molar-refractivity contribution >= 4 is 29.1 Å². The van der Waals surface area contributed by atoms with E-state index in [0.29, 0.717) is 6.07 Å². The molecular formula is C17H14ClF3N2O2. The van der Waals surface area contributed by atoms with Crippen LogP contribution in [0.15, 0.2) is 48.5 Å². The van der Waals surface area contributed by atoms with Gasteiger partial charge in [0.1, 0.15) is 0 Å². The van der Waals surface area contributed by atoms with Crippen LogP contribution in [0.25, 0.3) is 0 Å². The van der Waals surface area contributed by atoms with E-state index in [1.54, 1.807) is 37.3 Å². The Kier molecular flexibility index (Phi) is 5.69. The first-order valence-corrected chi connectivity index (χ1v) is 7.60. The normalized spacial score (nSPS) is 12.4. The van der Waals surface area contributed by atoms with Gasteiger partial charge in [-0.1, -0.05) is 41.9 Å². The summed E-state index contributed by atoms with van der Waals surface area (Å²) in [6, 6.07) is 10.9. The highest BCUT2D eigenvalue weighted by Crippen LogP contribution is 2.33. The van der Waals surface area contributed by atoms with E-state index in [1.807, 2.05) is 0 Å². The Hall–Kier alpha value is -2.54. The van der Waals surface area contributed by atoms with E-state index in [9.17, 15) is 22.8 Å². The minimum absolute atomic E-state index is 0.106. The van der Waals surface area contributed by atoms with Crippen molar-refractivity contribution in [3.05, 3.63) is 64.7 Å². The number of carbonyl (C=O) groups is 2. The van der Waals surface area contributed by atoms with Gasteiger partial charge in [0, 0.05) is 0 Å². The van der Waals surface area contributed by atoms with Crippen LogP contribution >= 0.6 is 11.6 Å². The van der Waals surface area contributed by atoms with Crippen molar-refractivity contribution in [2.45, 2.75) is 19.1 Å². The number of hydrogen-bond acceptors (Lipinski definition) is 2. The molecule has 132 valence electrons. The van der Waals surface area contributed by atoms with Gasteiger partial charge in [-0.3, -0.25) is 9.59 Å². The van der Waals surface area contributed by atoms with Crippen LogP contribution in [0.1, 0.15) is 24.1 Å². The lowest BCUT2D eigenvalue weighted by molar-refractivity contribution is -0.137. The Labute approximate surface area is 147 Å². The molecule has 0 radical (unpaired) electrons. The summed E-state index contributed by atoms with van der Waals surface area (Å²) in [7, 11) is 0. The Morgan fingerprint density at radius 1 is 1.04 bits per heavy atom. The molecule has 8 heteroatoms. The smallest absolute Gasteiger partial charge is 0.341 e. The van der Waals surface area contributed by atoms with Crippen molar-refractivity contribution in [1.82, 2.24) is 5.32 Å². The van der Waals surface area contributed by atoms with Gasteiger partial charge < -0.3 is 10.6 Å². The van der Waals surface area contributed by atoms with Crippen molar-refractivity contribution in [3.63, 3.8) is 0 Å². The molecule has 0 aliphatic carbocycles. The number of carbonyl (C=O) groups excluding carboxylic acids is 2. The van der Waals surface area contributed by atoms with E-state index in [0.717, 1.165) is 17.7 Å². The van der Waals surface area contributed by atoms with E-state index in [4.69, 9.17) is 11.6 Å². The fourth-order valence-electron chi connectivity index (χ4n) is 2.06. The molecule has 0 aliphatic rings. The van der Waals surface area contributed by atoms with Crippen LogP contribution in [0.2, 0.25) is 5.02 Å². The maximum atomic E-state index is 12.7. The third kappa shape index (κ3) is 4.96. The number of alkyl halides is 3. The topological polar surface area (TPSA) is 58.2 Å². The van der Waals surface area contributed by atoms with Gasteiger partial charge in [-0.2, -0.15) is 13.2 Å². The van der Waals surface area contributed by atoms with E-state index >= 15 is 0 Å². The number of hydrogen-bond donors (Lipinski definition) is 2. The molecule has 0 heterocycles. The molecule has 4 nitrogen and oxygen atoms in total. The summed E-state index contributed by atoms with van der Waals surface area (Å²) in [6.45, 7) is 1.68.